The summed E-state index contributed by atoms with van der Waals surface area (Å²) in [6.07, 6.45) is 0. The first kappa shape index (κ1) is 30.0. The monoisotopic (exact) mass is 693 g/mol. The first-order chi connectivity index (χ1) is 26.2. The molecule has 11 rings (SSSR count). The van der Waals surface area contributed by atoms with E-state index in [-0.39, 0.29) is 0 Å². The van der Waals surface area contributed by atoms with Gasteiger partial charge in [0.1, 0.15) is 11.2 Å². The van der Waals surface area contributed by atoms with Crippen molar-refractivity contribution in [1.82, 2.24) is 0 Å². The Labute approximate surface area is 310 Å². The molecule has 248 valence electrons. The molecule has 0 aliphatic rings. The predicted molar refractivity (Wildman–Crippen MR) is 227 cm³/mol. The Morgan fingerprint density at radius 1 is 0.377 bits per heavy atom. The molecule has 2 aromatic heterocycles. The molecule has 0 fully saturated rings. The van der Waals surface area contributed by atoms with Crippen LogP contribution < -0.4 is 4.90 Å². The minimum Gasteiger partial charge on any atom is -0.455 e. The average Bonchev–Trinajstić information content (AvgIpc) is 3.80. The van der Waals surface area contributed by atoms with Crippen molar-refractivity contribution in [1.29, 1.82) is 0 Å². The number of furan rings is 1. The third kappa shape index (κ3) is 4.93. The zero-order chi connectivity index (χ0) is 34.9. The van der Waals surface area contributed by atoms with E-state index < -0.39 is 0 Å². The normalized spacial score (nSPS) is 11.8. The number of nitrogens with zero attached hydrogens (tertiary/aromatic N) is 1. The predicted octanol–water partition coefficient (Wildman–Crippen LogP) is 15.1. The number of fused-ring (bicyclic) bond motifs is 9. The Morgan fingerprint density at radius 3 is 1.83 bits per heavy atom. The molecular weight excluding hydrogens is 663 g/mol. The minimum atomic E-state index is 0.879. The first-order valence-electron chi connectivity index (χ1n) is 18.0. The lowest BCUT2D eigenvalue weighted by Crippen LogP contribution is -2.10. The molecule has 0 saturated heterocycles. The van der Waals surface area contributed by atoms with Crippen LogP contribution in [0.15, 0.2) is 192 Å². The Bertz CT molecular complexity index is 3170. The van der Waals surface area contributed by atoms with Crippen LogP contribution in [0.4, 0.5) is 17.1 Å². The van der Waals surface area contributed by atoms with E-state index in [0.717, 1.165) is 44.4 Å². The van der Waals surface area contributed by atoms with E-state index in [2.05, 4.69) is 193 Å². The molecule has 0 amide bonds. The van der Waals surface area contributed by atoms with Gasteiger partial charge in [0.05, 0.1) is 11.1 Å². The summed E-state index contributed by atoms with van der Waals surface area (Å²) in [5, 5.41) is 9.60. The van der Waals surface area contributed by atoms with E-state index in [1.807, 2.05) is 11.3 Å². The molecular formula is C50H31NOS. The largest absolute Gasteiger partial charge is 0.455 e. The molecule has 0 radical (unpaired) electrons. The number of benzene rings is 9. The van der Waals surface area contributed by atoms with Crippen molar-refractivity contribution in [3.63, 3.8) is 0 Å². The Kier molecular flexibility index (Phi) is 6.76. The van der Waals surface area contributed by atoms with Crippen molar-refractivity contribution in [2.45, 2.75) is 0 Å². The second kappa shape index (κ2) is 11.9. The van der Waals surface area contributed by atoms with Crippen LogP contribution in [0, 0.1) is 0 Å². The van der Waals surface area contributed by atoms with Crippen molar-refractivity contribution in [2.24, 2.45) is 0 Å². The fourth-order valence-electron chi connectivity index (χ4n) is 8.03. The van der Waals surface area contributed by atoms with E-state index in [9.17, 15) is 0 Å². The standard InChI is InChI=1S/C50H31NOS/c1-2-10-37-30-38(21-20-32(37)8-1)35-18-16-33(17-19-35)34-22-25-39(26-23-34)51(40-27-29-48-44(31-40)42-12-5-6-15-47(42)53-48)45-13-7-14-46-49(45)43-28-24-36-9-3-4-11-41(36)50(43)52-46/h1-31H. The van der Waals surface area contributed by atoms with Crippen LogP contribution in [-0.2, 0) is 0 Å². The molecule has 0 aliphatic carbocycles. The second-order valence-electron chi connectivity index (χ2n) is 13.7. The van der Waals surface area contributed by atoms with Crippen molar-refractivity contribution in [3.8, 4) is 22.3 Å². The van der Waals surface area contributed by atoms with Gasteiger partial charge >= 0.3 is 0 Å². The zero-order valence-electron chi connectivity index (χ0n) is 28.7. The lowest BCUT2D eigenvalue weighted by atomic mass is 9.98. The Hall–Kier alpha value is -6.68. The summed E-state index contributed by atoms with van der Waals surface area (Å²) in [6, 6.07) is 68.0. The summed E-state index contributed by atoms with van der Waals surface area (Å²) in [4.78, 5) is 2.39. The Morgan fingerprint density at radius 2 is 1.00 bits per heavy atom. The van der Waals surface area contributed by atoms with Gasteiger partial charge < -0.3 is 9.32 Å². The number of hydrogen-bond donors (Lipinski definition) is 0. The van der Waals surface area contributed by atoms with Gasteiger partial charge in [0.25, 0.3) is 0 Å². The third-order valence-electron chi connectivity index (χ3n) is 10.7. The molecule has 9 aromatic carbocycles. The molecule has 0 atom stereocenters. The van der Waals surface area contributed by atoms with Gasteiger partial charge in [-0.2, -0.15) is 0 Å². The van der Waals surface area contributed by atoms with Crippen LogP contribution in [0.2, 0.25) is 0 Å². The average molecular weight is 694 g/mol. The first-order valence-corrected chi connectivity index (χ1v) is 18.8. The Balaban J connectivity index is 1.05. The summed E-state index contributed by atoms with van der Waals surface area (Å²) < 4.78 is 9.25. The van der Waals surface area contributed by atoms with Crippen LogP contribution in [0.3, 0.4) is 0 Å². The molecule has 0 saturated carbocycles. The van der Waals surface area contributed by atoms with E-state index in [1.54, 1.807) is 0 Å². The number of anilines is 3. The number of hydrogen-bond acceptors (Lipinski definition) is 3. The molecule has 0 aliphatic heterocycles. The SMILES string of the molecule is c1ccc2cc(-c3ccc(-c4ccc(N(c5ccc6sc7ccccc7c6c5)c5cccc6oc7c8ccccc8ccc7c56)cc4)cc3)ccc2c1. The van der Waals surface area contributed by atoms with E-state index >= 15 is 0 Å². The molecule has 0 spiro atoms. The highest BCUT2D eigenvalue weighted by atomic mass is 32.1. The van der Waals surface area contributed by atoms with Crippen molar-refractivity contribution >= 4 is 92.1 Å². The lowest BCUT2D eigenvalue weighted by molar-refractivity contribution is 0.672. The van der Waals surface area contributed by atoms with E-state index in [4.69, 9.17) is 4.42 Å². The van der Waals surface area contributed by atoms with E-state index in [1.165, 1.54) is 58.6 Å². The van der Waals surface area contributed by atoms with Gasteiger partial charge in [0.2, 0.25) is 0 Å². The fourth-order valence-corrected chi connectivity index (χ4v) is 9.12. The van der Waals surface area contributed by atoms with Crippen LogP contribution in [0.5, 0.6) is 0 Å². The minimum absolute atomic E-state index is 0.879. The highest BCUT2D eigenvalue weighted by Crippen LogP contribution is 2.46. The van der Waals surface area contributed by atoms with Gasteiger partial charge in [-0.05, 0) is 99.1 Å². The quantitative estimate of drug-likeness (QED) is 0.178. The lowest BCUT2D eigenvalue weighted by Gasteiger charge is -2.26. The molecule has 0 unspecified atom stereocenters. The van der Waals surface area contributed by atoms with Crippen LogP contribution in [-0.4, -0.2) is 0 Å². The van der Waals surface area contributed by atoms with Gasteiger partial charge in [-0.15, -0.1) is 11.3 Å². The molecule has 2 nitrogen and oxygen atoms in total. The highest BCUT2D eigenvalue weighted by molar-refractivity contribution is 7.25. The molecule has 0 bridgehead atoms. The van der Waals surface area contributed by atoms with Crippen molar-refractivity contribution in [2.75, 3.05) is 4.90 Å². The number of thiophene rings is 1. The third-order valence-corrected chi connectivity index (χ3v) is 11.8. The highest BCUT2D eigenvalue weighted by Gasteiger charge is 2.21. The van der Waals surface area contributed by atoms with Gasteiger partial charge in [-0.25, -0.2) is 0 Å². The molecule has 53 heavy (non-hydrogen) atoms. The summed E-state index contributed by atoms with van der Waals surface area (Å²) in [6.45, 7) is 0. The zero-order valence-corrected chi connectivity index (χ0v) is 29.5. The molecule has 11 aromatic rings. The van der Waals surface area contributed by atoms with Crippen LogP contribution in [0.25, 0.3) is 85.9 Å². The van der Waals surface area contributed by atoms with Gasteiger partial charge in [0, 0.05) is 42.3 Å². The maximum absolute atomic E-state index is 6.66. The van der Waals surface area contributed by atoms with Crippen LogP contribution in [0.1, 0.15) is 0 Å². The molecule has 3 heteroatoms. The smallest absolute Gasteiger partial charge is 0.143 e. The fraction of sp³-hybridized carbons (Fsp3) is 0. The summed E-state index contributed by atoms with van der Waals surface area (Å²) in [5.41, 5.74) is 9.89. The van der Waals surface area contributed by atoms with Gasteiger partial charge in [-0.3, -0.25) is 0 Å². The molecule has 2 heterocycles. The number of rotatable bonds is 5. The molecule has 0 N–H and O–H groups in total. The van der Waals surface area contributed by atoms with Gasteiger partial charge in [-0.1, -0.05) is 127 Å². The maximum atomic E-state index is 6.66. The van der Waals surface area contributed by atoms with Gasteiger partial charge in [0.15, 0.2) is 0 Å². The summed E-state index contributed by atoms with van der Waals surface area (Å²) in [5.74, 6) is 0. The van der Waals surface area contributed by atoms with E-state index in [0.29, 0.717) is 0 Å². The van der Waals surface area contributed by atoms with Crippen molar-refractivity contribution in [3.05, 3.63) is 188 Å². The maximum Gasteiger partial charge on any atom is 0.143 e. The second-order valence-corrected chi connectivity index (χ2v) is 14.8. The summed E-state index contributed by atoms with van der Waals surface area (Å²) >= 11 is 1.85. The summed E-state index contributed by atoms with van der Waals surface area (Å²) in [7, 11) is 0. The van der Waals surface area contributed by atoms with Crippen molar-refractivity contribution < 1.29 is 4.42 Å². The van der Waals surface area contributed by atoms with Crippen LogP contribution >= 0.6 is 11.3 Å². The topological polar surface area (TPSA) is 16.4 Å².